The number of aryl methyl sites for hydroxylation is 1. The fourth-order valence-electron chi connectivity index (χ4n) is 1.47. The average molecular weight is 254 g/mol. The van der Waals surface area contributed by atoms with E-state index in [1.807, 2.05) is 18.2 Å². The normalized spacial score (nSPS) is 10.7. The van der Waals surface area contributed by atoms with Gasteiger partial charge in [-0.05, 0) is 22.0 Å². The first kappa shape index (κ1) is 9.21. The lowest BCUT2D eigenvalue weighted by atomic mass is 10.2. The number of hydrogen-bond donors (Lipinski definition) is 1. The largest absolute Gasteiger partial charge is 0.364 e. The molecule has 5 heteroatoms. The lowest BCUT2D eigenvalue weighted by Crippen LogP contribution is -2.12. The molecule has 0 fully saturated rings. The molecule has 0 aliphatic rings. The quantitative estimate of drug-likeness (QED) is 0.836. The Hall–Kier alpha value is -1.36. The number of amides is 1. The van der Waals surface area contributed by atoms with Gasteiger partial charge in [-0.25, -0.2) is 0 Å². The highest BCUT2D eigenvalue weighted by Gasteiger charge is 2.14. The van der Waals surface area contributed by atoms with Gasteiger partial charge >= 0.3 is 0 Å². The molecule has 0 spiro atoms. The molecule has 0 bridgehead atoms. The van der Waals surface area contributed by atoms with Gasteiger partial charge in [0.25, 0.3) is 5.91 Å². The SMILES string of the molecule is Cn1nc(C(N)=O)c2cccc(Br)c21. The van der Waals surface area contributed by atoms with Gasteiger partial charge < -0.3 is 5.73 Å². The molecule has 2 aromatic rings. The van der Waals surface area contributed by atoms with Crippen LogP contribution in [0.25, 0.3) is 10.9 Å². The maximum absolute atomic E-state index is 11.1. The van der Waals surface area contributed by atoms with E-state index in [2.05, 4.69) is 21.0 Å². The van der Waals surface area contributed by atoms with E-state index in [9.17, 15) is 4.79 Å². The highest BCUT2D eigenvalue weighted by molar-refractivity contribution is 9.10. The van der Waals surface area contributed by atoms with Crippen LogP contribution in [0.15, 0.2) is 22.7 Å². The molecular weight excluding hydrogens is 246 g/mol. The van der Waals surface area contributed by atoms with Crippen molar-refractivity contribution in [1.82, 2.24) is 9.78 Å². The highest BCUT2D eigenvalue weighted by Crippen LogP contribution is 2.25. The number of carbonyl (C=O) groups excluding carboxylic acids is 1. The predicted octanol–water partition coefficient (Wildman–Crippen LogP) is 1.43. The number of nitrogens with zero attached hydrogens (tertiary/aromatic N) is 2. The van der Waals surface area contributed by atoms with Gasteiger partial charge in [-0.2, -0.15) is 5.10 Å². The molecule has 2 N–H and O–H groups in total. The van der Waals surface area contributed by atoms with Gasteiger partial charge in [-0.15, -0.1) is 0 Å². The van der Waals surface area contributed by atoms with Crippen LogP contribution in [0, 0.1) is 0 Å². The standard InChI is InChI=1S/C9H8BrN3O/c1-13-8-5(3-2-4-6(8)10)7(12-13)9(11)14/h2-4H,1H3,(H2,11,14). The van der Waals surface area contributed by atoms with Gasteiger partial charge in [0.05, 0.1) is 5.52 Å². The Bertz CT molecular complexity index is 518. The first-order valence-electron chi connectivity index (χ1n) is 4.02. The summed E-state index contributed by atoms with van der Waals surface area (Å²) in [5.74, 6) is -0.506. The van der Waals surface area contributed by atoms with Crippen LogP contribution in [0.3, 0.4) is 0 Å². The molecule has 0 radical (unpaired) electrons. The third-order valence-corrected chi connectivity index (χ3v) is 2.69. The predicted molar refractivity (Wildman–Crippen MR) is 56.9 cm³/mol. The van der Waals surface area contributed by atoms with Crippen molar-refractivity contribution < 1.29 is 4.79 Å². The number of benzene rings is 1. The zero-order valence-electron chi connectivity index (χ0n) is 7.49. The van der Waals surface area contributed by atoms with Gasteiger partial charge in [-0.3, -0.25) is 9.48 Å². The number of aromatic nitrogens is 2. The molecule has 0 aliphatic carbocycles. The Morgan fingerprint density at radius 1 is 1.57 bits per heavy atom. The lowest BCUT2D eigenvalue weighted by Gasteiger charge is -1.95. The van der Waals surface area contributed by atoms with Crippen molar-refractivity contribution in [3.05, 3.63) is 28.4 Å². The molecule has 0 saturated heterocycles. The number of carbonyl (C=O) groups is 1. The molecule has 14 heavy (non-hydrogen) atoms. The molecular formula is C9H8BrN3O. The Kier molecular flexibility index (Phi) is 2.03. The summed E-state index contributed by atoms with van der Waals surface area (Å²) in [6.07, 6.45) is 0. The van der Waals surface area contributed by atoms with Gasteiger partial charge in [0.1, 0.15) is 0 Å². The van der Waals surface area contributed by atoms with Crippen molar-refractivity contribution in [3.8, 4) is 0 Å². The van der Waals surface area contributed by atoms with Gasteiger partial charge in [0, 0.05) is 16.9 Å². The van der Waals surface area contributed by atoms with Crippen LogP contribution in [0.4, 0.5) is 0 Å². The number of primary amides is 1. The summed E-state index contributed by atoms with van der Waals surface area (Å²) in [6, 6.07) is 5.57. The van der Waals surface area contributed by atoms with Crippen LogP contribution in [0.2, 0.25) is 0 Å². The van der Waals surface area contributed by atoms with Crippen molar-refractivity contribution in [2.75, 3.05) is 0 Å². The van der Waals surface area contributed by atoms with E-state index in [0.29, 0.717) is 5.69 Å². The topological polar surface area (TPSA) is 60.9 Å². The van der Waals surface area contributed by atoms with Crippen molar-refractivity contribution in [2.24, 2.45) is 12.8 Å². The zero-order chi connectivity index (χ0) is 10.3. The van der Waals surface area contributed by atoms with Gasteiger partial charge in [0.15, 0.2) is 5.69 Å². The maximum atomic E-state index is 11.1. The molecule has 1 heterocycles. The minimum absolute atomic E-state index is 0.309. The van der Waals surface area contributed by atoms with E-state index in [1.165, 1.54) is 0 Å². The van der Waals surface area contributed by atoms with Gasteiger partial charge in [-0.1, -0.05) is 12.1 Å². The maximum Gasteiger partial charge on any atom is 0.269 e. The minimum Gasteiger partial charge on any atom is -0.364 e. The van der Waals surface area contributed by atoms with Crippen LogP contribution in [0.5, 0.6) is 0 Å². The number of para-hydroxylation sites is 1. The lowest BCUT2D eigenvalue weighted by molar-refractivity contribution is 0.0996. The number of nitrogens with two attached hydrogens (primary N) is 1. The fourth-order valence-corrected chi connectivity index (χ4v) is 2.09. The molecule has 0 atom stereocenters. The van der Waals surface area contributed by atoms with Crippen molar-refractivity contribution in [3.63, 3.8) is 0 Å². The Morgan fingerprint density at radius 2 is 2.29 bits per heavy atom. The van der Waals surface area contributed by atoms with Crippen LogP contribution in [-0.2, 0) is 7.05 Å². The van der Waals surface area contributed by atoms with E-state index in [-0.39, 0.29) is 0 Å². The summed E-state index contributed by atoms with van der Waals surface area (Å²) in [5.41, 5.74) is 6.40. The van der Waals surface area contributed by atoms with Crippen LogP contribution < -0.4 is 5.73 Å². The summed E-state index contributed by atoms with van der Waals surface area (Å²) >= 11 is 3.40. The molecule has 4 nitrogen and oxygen atoms in total. The molecule has 0 aliphatic heterocycles. The molecule has 1 aromatic heterocycles. The van der Waals surface area contributed by atoms with Crippen molar-refractivity contribution in [2.45, 2.75) is 0 Å². The third kappa shape index (κ3) is 1.21. The number of halogens is 1. The average Bonchev–Trinajstić information content (AvgIpc) is 2.45. The first-order chi connectivity index (χ1) is 6.61. The highest BCUT2D eigenvalue weighted by atomic mass is 79.9. The van der Waals surface area contributed by atoms with Crippen molar-refractivity contribution in [1.29, 1.82) is 0 Å². The number of hydrogen-bond acceptors (Lipinski definition) is 2. The van der Waals surface area contributed by atoms with E-state index in [4.69, 9.17) is 5.73 Å². The minimum atomic E-state index is -0.506. The molecule has 2 rings (SSSR count). The zero-order valence-corrected chi connectivity index (χ0v) is 9.08. The second kappa shape index (κ2) is 3.09. The molecule has 1 amide bonds. The molecule has 0 unspecified atom stereocenters. The second-order valence-corrected chi connectivity index (χ2v) is 3.83. The monoisotopic (exact) mass is 253 g/mol. The van der Waals surface area contributed by atoms with E-state index in [0.717, 1.165) is 15.4 Å². The van der Waals surface area contributed by atoms with E-state index in [1.54, 1.807) is 11.7 Å². The van der Waals surface area contributed by atoms with Crippen molar-refractivity contribution >= 4 is 32.7 Å². The number of rotatable bonds is 1. The summed E-state index contributed by atoms with van der Waals surface area (Å²) in [7, 11) is 1.78. The summed E-state index contributed by atoms with van der Waals surface area (Å²) in [4.78, 5) is 11.1. The smallest absolute Gasteiger partial charge is 0.269 e. The van der Waals surface area contributed by atoms with Crippen LogP contribution in [0.1, 0.15) is 10.5 Å². The molecule has 0 saturated carbocycles. The third-order valence-electron chi connectivity index (χ3n) is 2.05. The first-order valence-corrected chi connectivity index (χ1v) is 4.81. The second-order valence-electron chi connectivity index (χ2n) is 2.97. The van der Waals surface area contributed by atoms with E-state index >= 15 is 0 Å². The molecule has 72 valence electrons. The summed E-state index contributed by atoms with van der Waals surface area (Å²) in [5, 5.41) is 4.83. The Morgan fingerprint density at radius 3 is 2.93 bits per heavy atom. The molecule has 1 aromatic carbocycles. The summed E-state index contributed by atoms with van der Waals surface area (Å²) in [6.45, 7) is 0. The van der Waals surface area contributed by atoms with Crippen LogP contribution >= 0.6 is 15.9 Å². The van der Waals surface area contributed by atoms with Crippen LogP contribution in [-0.4, -0.2) is 15.7 Å². The number of fused-ring (bicyclic) bond motifs is 1. The summed E-state index contributed by atoms with van der Waals surface area (Å²) < 4.78 is 2.54. The van der Waals surface area contributed by atoms with E-state index < -0.39 is 5.91 Å². The Balaban J connectivity index is 2.91. The van der Waals surface area contributed by atoms with Gasteiger partial charge in [0.2, 0.25) is 0 Å². The fraction of sp³-hybridized carbons (Fsp3) is 0.111. The Labute approximate surface area is 88.8 Å².